The molecule has 1 rings (SSSR count). The van der Waals surface area contributed by atoms with E-state index in [1.165, 1.54) is 0 Å². The van der Waals surface area contributed by atoms with Gasteiger partial charge in [-0.3, -0.25) is 0 Å². The Morgan fingerprint density at radius 1 is 1.28 bits per heavy atom. The second-order valence-electron chi connectivity index (χ2n) is 3.33. The van der Waals surface area contributed by atoms with Crippen molar-refractivity contribution in [2.45, 2.75) is 17.4 Å². The molecule has 102 valence electrons. The number of aliphatic hydroxyl groups is 1. The zero-order valence-corrected chi connectivity index (χ0v) is 9.59. The molecule has 0 bridgehead atoms. The van der Waals surface area contributed by atoms with Gasteiger partial charge in [0.2, 0.25) is 10.0 Å². The first-order chi connectivity index (χ1) is 8.24. The second kappa shape index (κ2) is 5.63. The molecule has 1 aromatic carbocycles. The number of nitrogens with one attached hydrogen (secondary N) is 1. The van der Waals surface area contributed by atoms with Crippen molar-refractivity contribution in [2.75, 3.05) is 6.54 Å². The summed E-state index contributed by atoms with van der Waals surface area (Å²) in [5.41, 5.74) is 0. The van der Waals surface area contributed by atoms with Crippen molar-refractivity contribution in [1.29, 1.82) is 0 Å². The van der Waals surface area contributed by atoms with Crippen LogP contribution in [0.2, 0.25) is 0 Å². The van der Waals surface area contributed by atoms with Gasteiger partial charge in [-0.25, -0.2) is 30.7 Å². The van der Waals surface area contributed by atoms with Crippen LogP contribution in [0.5, 0.6) is 0 Å². The van der Waals surface area contributed by atoms with E-state index in [4.69, 9.17) is 5.11 Å². The number of alkyl halides is 2. The highest BCUT2D eigenvalue weighted by Gasteiger charge is 2.23. The molecular weight excluding hydrogens is 278 g/mol. The SMILES string of the molecule is O=S(=O)(NCC(O)C(F)F)c1cc(F)ccc1F. The normalized spacial score (nSPS) is 13.9. The van der Waals surface area contributed by atoms with E-state index in [1.807, 2.05) is 0 Å². The molecule has 0 aromatic heterocycles. The minimum absolute atomic E-state index is 0.409. The molecule has 1 aromatic rings. The van der Waals surface area contributed by atoms with Crippen LogP contribution in [0.15, 0.2) is 23.1 Å². The summed E-state index contributed by atoms with van der Waals surface area (Å²) in [5.74, 6) is -2.22. The van der Waals surface area contributed by atoms with Crippen molar-refractivity contribution in [3.63, 3.8) is 0 Å². The first-order valence-corrected chi connectivity index (χ1v) is 6.13. The van der Waals surface area contributed by atoms with E-state index >= 15 is 0 Å². The first-order valence-electron chi connectivity index (χ1n) is 4.65. The highest BCUT2D eigenvalue weighted by Crippen LogP contribution is 2.15. The number of benzene rings is 1. The van der Waals surface area contributed by atoms with E-state index in [9.17, 15) is 26.0 Å². The average molecular weight is 287 g/mol. The van der Waals surface area contributed by atoms with Gasteiger partial charge in [-0.15, -0.1) is 0 Å². The van der Waals surface area contributed by atoms with Crippen molar-refractivity contribution < 1.29 is 31.1 Å². The standard InChI is InChI=1S/C9H9F4NO3S/c10-5-1-2-6(11)8(3-5)18(16,17)14-4-7(15)9(12)13/h1-3,7,9,14-15H,4H2. The predicted octanol–water partition coefficient (Wildman–Crippen LogP) is 0.869. The Labute approximate surface area is 100 Å². The molecule has 0 saturated heterocycles. The highest BCUT2D eigenvalue weighted by atomic mass is 32.2. The van der Waals surface area contributed by atoms with E-state index in [0.717, 1.165) is 0 Å². The lowest BCUT2D eigenvalue weighted by atomic mass is 10.3. The molecule has 0 aliphatic rings. The molecule has 9 heteroatoms. The van der Waals surface area contributed by atoms with Gasteiger partial charge in [-0.2, -0.15) is 0 Å². The maximum Gasteiger partial charge on any atom is 0.265 e. The van der Waals surface area contributed by atoms with Crippen molar-refractivity contribution in [2.24, 2.45) is 0 Å². The zero-order chi connectivity index (χ0) is 13.9. The lowest BCUT2D eigenvalue weighted by Gasteiger charge is -2.11. The quantitative estimate of drug-likeness (QED) is 0.790. The van der Waals surface area contributed by atoms with Crippen LogP contribution in [0.4, 0.5) is 17.6 Å². The van der Waals surface area contributed by atoms with Gasteiger partial charge in [0.25, 0.3) is 6.43 Å². The smallest absolute Gasteiger partial charge is 0.265 e. The summed E-state index contributed by atoms with van der Waals surface area (Å²) in [7, 11) is -4.50. The van der Waals surface area contributed by atoms with Gasteiger partial charge in [-0.05, 0) is 18.2 Å². The molecule has 2 N–H and O–H groups in total. The average Bonchev–Trinajstić information content (AvgIpc) is 2.29. The Bertz CT molecular complexity index is 521. The summed E-state index contributed by atoms with van der Waals surface area (Å²) in [6, 6.07) is 1.71. The molecule has 18 heavy (non-hydrogen) atoms. The Kier molecular flexibility index (Phi) is 4.65. The third-order valence-electron chi connectivity index (χ3n) is 1.96. The van der Waals surface area contributed by atoms with Gasteiger partial charge < -0.3 is 5.11 Å². The van der Waals surface area contributed by atoms with Crippen molar-refractivity contribution >= 4 is 10.0 Å². The van der Waals surface area contributed by atoms with Crippen LogP contribution in [0.3, 0.4) is 0 Å². The molecule has 0 spiro atoms. The van der Waals surface area contributed by atoms with Gasteiger partial charge in [0, 0.05) is 6.54 Å². The minimum Gasteiger partial charge on any atom is -0.386 e. The number of aliphatic hydroxyl groups excluding tert-OH is 1. The fraction of sp³-hybridized carbons (Fsp3) is 0.333. The molecule has 1 unspecified atom stereocenters. The molecule has 0 amide bonds. The Hall–Kier alpha value is -1.19. The summed E-state index contributed by atoms with van der Waals surface area (Å²) in [6.07, 6.45) is -5.37. The zero-order valence-electron chi connectivity index (χ0n) is 8.78. The van der Waals surface area contributed by atoms with E-state index < -0.39 is 45.6 Å². The monoisotopic (exact) mass is 287 g/mol. The fourth-order valence-electron chi connectivity index (χ4n) is 1.05. The van der Waals surface area contributed by atoms with Crippen molar-refractivity contribution in [1.82, 2.24) is 4.72 Å². The maximum absolute atomic E-state index is 13.2. The van der Waals surface area contributed by atoms with Gasteiger partial charge in [0.15, 0.2) is 0 Å². The molecule has 0 radical (unpaired) electrons. The van der Waals surface area contributed by atoms with Crippen LogP contribution in [0.25, 0.3) is 0 Å². The van der Waals surface area contributed by atoms with Crippen LogP contribution in [0, 0.1) is 11.6 Å². The number of hydrogen-bond donors (Lipinski definition) is 2. The molecule has 4 nitrogen and oxygen atoms in total. The lowest BCUT2D eigenvalue weighted by molar-refractivity contribution is -0.000457. The molecule has 1 atom stereocenters. The number of rotatable bonds is 5. The van der Waals surface area contributed by atoms with Crippen LogP contribution in [0.1, 0.15) is 0 Å². The molecule has 0 aliphatic heterocycles. The van der Waals surface area contributed by atoms with Gasteiger partial charge in [0.05, 0.1) is 0 Å². The Morgan fingerprint density at radius 3 is 2.44 bits per heavy atom. The molecule has 0 aliphatic carbocycles. The highest BCUT2D eigenvalue weighted by molar-refractivity contribution is 7.89. The van der Waals surface area contributed by atoms with Gasteiger partial charge in [-0.1, -0.05) is 0 Å². The molecular formula is C9H9F4NO3S. The minimum atomic E-state index is -4.50. The van der Waals surface area contributed by atoms with Crippen LogP contribution in [-0.2, 0) is 10.0 Å². The lowest BCUT2D eigenvalue weighted by Crippen LogP contribution is -2.36. The molecule has 0 saturated carbocycles. The van der Waals surface area contributed by atoms with E-state index in [-0.39, 0.29) is 0 Å². The summed E-state index contributed by atoms with van der Waals surface area (Å²) >= 11 is 0. The summed E-state index contributed by atoms with van der Waals surface area (Å²) in [6.45, 7) is -1.00. The number of sulfonamides is 1. The second-order valence-corrected chi connectivity index (χ2v) is 5.06. The van der Waals surface area contributed by atoms with Crippen molar-refractivity contribution in [3.8, 4) is 0 Å². The maximum atomic E-state index is 13.2. The first kappa shape index (κ1) is 14.9. The number of hydrogen-bond acceptors (Lipinski definition) is 3. The topological polar surface area (TPSA) is 66.4 Å². The Balaban J connectivity index is 2.90. The summed E-state index contributed by atoms with van der Waals surface area (Å²) < 4.78 is 74.3. The van der Waals surface area contributed by atoms with Crippen LogP contribution in [-0.4, -0.2) is 32.6 Å². The summed E-state index contributed by atoms with van der Waals surface area (Å²) in [4.78, 5) is -1.01. The van der Waals surface area contributed by atoms with Crippen molar-refractivity contribution in [3.05, 3.63) is 29.8 Å². The summed E-state index contributed by atoms with van der Waals surface area (Å²) in [5, 5.41) is 8.72. The predicted molar refractivity (Wildman–Crippen MR) is 53.6 cm³/mol. The van der Waals surface area contributed by atoms with Gasteiger partial charge in [0.1, 0.15) is 22.6 Å². The third-order valence-corrected chi connectivity index (χ3v) is 3.39. The van der Waals surface area contributed by atoms with Crippen LogP contribution < -0.4 is 4.72 Å². The van der Waals surface area contributed by atoms with E-state index in [2.05, 4.69) is 0 Å². The fourth-order valence-corrected chi connectivity index (χ4v) is 2.18. The third kappa shape index (κ3) is 3.65. The van der Waals surface area contributed by atoms with E-state index in [1.54, 1.807) is 4.72 Å². The Morgan fingerprint density at radius 2 is 1.89 bits per heavy atom. The van der Waals surface area contributed by atoms with E-state index in [0.29, 0.717) is 18.2 Å². The van der Waals surface area contributed by atoms with Crippen LogP contribution >= 0.6 is 0 Å². The molecule has 0 fully saturated rings. The van der Waals surface area contributed by atoms with Gasteiger partial charge >= 0.3 is 0 Å². The molecule has 0 heterocycles. The largest absolute Gasteiger partial charge is 0.386 e. The number of halogens is 4.